The number of aromatic nitrogens is 4. The molecule has 0 spiro atoms. The number of aromatic amines is 2. The maximum atomic E-state index is 12.6. The molecule has 1 amide bonds. The Morgan fingerprint density at radius 1 is 1.13 bits per heavy atom. The number of rotatable bonds is 6. The van der Waals surface area contributed by atoms with Crippen molar-refractivity contribution < 1.29 is 4.79 Å². The predicted octanol–water partition coefficient (Wildman–Crippen LogP) is 4.19. The lowest BCUT2D eigenvalue weighted by Gasteiger charge is -2.10. The summed E-state index contributed by atoms with van der Waals surface area (Å²) in [5, 5.41) is 14.8. The van der Waals surface area contributed by atoms with E-state index in [0.29, 0.717) is 26.2 Å². The van der Waals surface area contributed by atoms with Crippen molar-refractivity contribution in [3.05, 3.63) is 58.0 Å². The molecule has 0 saturated carbocycles. The van der Waals surface area contributed by atoms with Crippen LogP contribution in [-0.4, -0.2) is 31.3 Å². The Bertz CT molecular complexity index is 1280. The first-order valence-electron chi connectivity index (χ1n) is 9.25. The molecule has 2 aromatic heterocycles. The zero-order chi connectivity index (χ0) is 21.3. The molecule has 0 fully saturated rings. The lowest BCUT2D eigenvalue weighted by Crippen LogP contribution is -2.22. The number of amides is 1. The van der Waals surface area contributed by atoms with Gasteiger partial charge in [-0.05, 0) is 56.2 Å². The van der Waals surface area contributed by atoms with Gasteiger partial charge in [0.1, 0.15) is 0 Å². The number of nitrogens with one attached hydrogen (secondary N) is 4. The van der Waals surface area contributed by atoms with Gasteiger partial charge in [0.2, 0.25) is 11.0 Å². The monoisotopic (exact) mass is 440 g/mol. The van der Waals surface area contributed by atoms with Crippen molar-refractivity contribution in [2.24, 2.45) is 0 Å². The Morgan fingerprint density at radius 2 is 1.93 bits per heavy atom. The third-order valence-corrected chi connectivity index (χ3v) is 6.71. The number of hydrogen-bond donors (Lipinski definition) is 4. The SMILES string of the molecule is Cc1cccc(Nc2nnc(SC(C)C(=O)Nc3ccc4[nH]c(=O)[nH]c4c3)s2)c1C. The minimum Gasteiger partial charge on any atom is -0.330 e. The van der Waals surface area contributed by atoms with Gasteiger partial charge in [0.25, 0.3) is 0 Å². The van der Waals surface area contributed by atoms with Crippen molar-refractivity contribution in [2.75, 3.05) is 10.6 Å². The van der Waals surface area contributed by atoms with E-state index < -0.39 is 0 Å². The Balaban J connectivity index is 1.39. The summed E-state index contributed by atoms with van der Waals surface area (Å²) in [5.74, 6) is -0.156. The molecule has 0 aliphatic rings. The van der Waals surface area contributed by atoms with Gasteiger partial charge in [-0.3, -0.25) is 4.79 Å². The molecule has 0 aliphatic carbocycles. The molecular formula is C20H20N6O2S2. The van der Waals surface area contributed by atoms with E-state index in [1.54, 1.807) is 18.2 Å². The van der Waals surface area contributed by atoms with Crippen LogP contribution in [0.15, 0.2) is 45.5 Å². The molecule has 10 heteroatoms. The van der Waals surface area contributed by atoms with Gasteiger partial charge in [0.15, 0.2) is 4.34 Å². The highest BCUT2D eigenvalue weighted by molar-refractivity contribution is 8.02. The maximum absolute atomic E-state index is 12.6. The summed E-state index contributed by atoms with van der Waals surface area (Å²) < 4.78 is 0.705. The fraction of sp³-hybridized carbons (Fsp3) is 0.200. The summed E-state index contributed by atoms with van der Waals surface area (Å²) in [6, 6.07) is 11.3. The number of carbonyl (C=O) groups is 1. The average molecular weight is 441 g/mol. The Labute approximate surface area is 180 Å². The van der Waals surface area contributed by atoms with Crippen molar-refractivity contribution in [2.45, 2.75) is 30.4 Å². The van der Waals surface area contributed by atoms with Crippen LogP contribution in [-0.2, 0) is 4.79 Å². The zero-order valence-electron chi connectivity index (χ0n) is 16.6. The van der Waals surface area contributed by atoms with E-state index in [1.165, 1.54) is 28.7 Å². The molecule has 8 nitrogen and oxygen atoms in total. The zero-order valence-corrected chi connectivity index (χ0v) is 18.2. The fourth-order valence-corrected chi connectivity index (χ4v) is 4.78. The summed E-state index contributed by atoms with van der Waals surface area (Å²) in [6.07, 6.45) is 0. The van der Waals surface area contributed by atoms with Crippen LogP contribution in [0.1, 0.15) is 18.1 Å². The van der Waals surface area contributed by atoms with Crippen LogP contribution in [0, 0.1) is 13.8 Å². The number of carbonyl (C=O) groups excluding carboxylic acids is 1. The van der Waals surface area contributed by atoms with Crippen LogP contribution < -0.4 is 16.3 Å². The highest BCUT2D eigenvalue weighted by Gasteiger charge is 2.18. The number of benzene rings is 2. The fourth-order valence-electron chi connectivity index (χ4n) is 2.87. The van der Waals surface area contributed by atoms with Crippen LogP contribution in [0.2, 0.25) is 0 Å². The first-order chi connectivity index (χ1) is 14.4. The van der Waals surface area contributed by atoms with E-state index in [4.69, 9.17) is 0 Å². The number of imidazole rings is 1. The predicted molar refractivity (Wildman–Crippen MR) is 122 cm³/mol. The standard InChI is InChI=1S/C20H20N6O2S2/c1-10-5-4-6-14(11(10)2)24-19-25-26-20(30-19)29-12(3)17(27)21-13-7-8-15-16(9-13)23-18(28)22-15/h4-9,12H,1-3H3,(H,21,27)(H,24,25)(H2,22,23,28). The highest BCUT2D eigenvalue weighted by atomic mass is 32.2. The lowest BCUT2D eigenvalue weighted by molar-refractivity contribution is -0.115. The largest absolute Gasteiger partial charge is 0.330 e. The van der Waals surface area contributed by atoms with Gasteiger partial charge in [-0.25, -0.2) is 4.79 Å². The number of fused-ring (bicyclic) bond motifs is 1. The summed E-state index contributed by atoms with van der Waals surface area (Å²) in [4.78, 5) is 29.3. The first-order valence-corrected chi connectivity index (χ1v) is 10.9. The molecule has 4 rings (SSSR count). The molecule has 2 aromatic carbocycles. The summed E-state index contributed by atoms with van der Waals surface area (Å²) in [6.45, 7) is 5.94. The van der Waals surface area contributed by atoms with Crippen LogP contribution in [0.4, 0.5) is 16.5 Å². The third-order valence-electron chi connectivity index (χ3n) is 4.68. The summed E-state index contributed by atoms with van der Waals surface area (Å²) >= 11 is 2.75. The van der Waals surface area contributed by atoms with E-state index in [-0.39, 0.29) is 16.8 Å². The minimum atomic E-state index is -0.368. The number of anilines is 3. The second kappa shape index (κ2) is 8.33. The van der Waals surface area contributed by atoms with Crippen molar-refractivity contribution in [3.63, 3.8) is 0 Å². The van der Waals surface area contributed by atoms with Crippen molar-refractivity contribution in [3.8, 4) is 0 Å². The van der Waals surface area contributed by atoms with Gasteiger partial charge in [-0.1, -0.05) is 35.2 Å². The van der Waals surface area contributed by atoms with Crippen LogP contribution in [0.5, 0.6) is 0 Å². The van der Waals surface area contributed by atoms with E-state index in [0.717, 1.165) is 11.3 Å². The van der Waals surface area contributed by atoms with Gasteiger partial charge < -0.3 is 20.6 Å². The van der Waals surface area contributed by atoms with E-state index in [2.05, 4.69) is 50.7 Å². The summed E-state index contributed by atoms with van der Waals surface area (Å²) in [5.41, 5.74) is 5.03. The number of thioether (sulfide) groups is 1. The average Bonchev–Trinajstić information content (AvgIpc) is 3.30. The topological polar surface area (TPSA) is 116 Å². The molecule has 0 aliphatic heterocycles. The molecular weight excluding hydrogens is 420 g/mol. The molecule has 154 valence electrons. The highest BCUT2D eigenvalue weighted by Crippen LogP contribution is 2.32. The van der Waals surface area contributed by atoms with Gasteiger partial charge in [0.05, 0.1) is 16.3 Å². The number of H-pyrrole nitrogens is 2. The molecule has 0 radical (unpaired) electrons. The first kappa shape index (κ1) is 20.2. The van der Waals surface area contributed by atoms with E-state index in [9.17, 15) is 9.59 Å². The third kappa shape index (κ3) is 4.39. The molecule has 2 heterocycles. The number of nitrogens with zero attached hydrogens (tertiary/aromatic N) is 2. The van der Waals surface area contributed by atoms with Gasteiger partial charge in [-0.15, -0.1) is 10.2 Å². The van der Waals surface area contributed by atoms with Crippen molar-refractivity contribution >= 4 is 56.5 Å². The normalized spacial score (nSPS) is 12.1. The molecule has 1 unspecified atom stereocenters. The number of aryl methyl sites for hydroxylation is 1. The Kier molecular flexibility index (Phi) is 5.60. The Hall–Kier alpha value is -3.11. The van der Waals surface area contributed by atoms with Gasteiger partial charge in [-0.2, -0.15) is 0 Å². The number of hydrogen-bond acceptors (Lipinski definition) is 7. The van der Waals surface area contributed by atoms with Crippen LogP contribution in [0.3, 0.4) is 0 Å². The van der Waals surface area contributed by atoms with Crippen LogP contribution >= 0.6 is 23.1 Å². The molecule has 0 saturated heterocycles. The molecule has 30 heavy (non-hydrogen) atoms. The Morgan fingerprint density at radius 3 is 2.77 bits per heavy atom. The van der Waals surface area contributed by atoms with Crippen LogP contribution in [0.25, 0.3) is 11.0 Å². The van der Waals surface area contributed by atoms with E-state index >= 15 is 0 Å². The second-order valence-electron chi connectivity index (χ2n) is 6.83. The minimum absolute atomic E-state index is 0.156. The van der Waals surface area contributed by atoms with Gasteiger partial charge >= 0.3 is 5.69 Å². The molecule has 1 atom stereocenters. The quantitative estimate of drug-likeness (QED) is 0.334. The summed E-state index contributed by atoms with van der Waals surface area (Å²) in [7, 11) is 0. The van der Waals surface area contributed by atoms with Crippen molar-refractivity contribution in [1.82, 2.24) is 20.2 Å². The molecule has 0 bridgehead atoms. The molecule has 4 N–H and O–H groups in total. The second-order valence-corrected chi connectivity index (χ2v) is 9.40. The molecule has 4 aromatic rings. The van der Waals surface area contributed by atoms with Crippen molar-refractivity contribution in [1.29, 1.82) is 0 Å². The van der Waals surface area contributed by atoms with Gasteiger partial charge in [0, 0.05) is 11.4 Å². The maximum Gasteiger partial charge on any atom is 0.323 e. The van der Waals surface area contributed by atoms with E-state index in [1.807, 2.05) is 19.1 Å². The lowest BCUT2D eigenvalue weighted by atomic mass is 10.1. The smallest absolute Gasteiger partial charge is 0.323 e.